The number of carboxylic acids is 1. The molecule has 166 valence electrons. The summed E-state index contributed by atoms with van der Waals surface area (Å²) < 4.78 is 14.8. The van der Waals surface area contributed by atoms with Crippen LogP contribution in [0.5, 0.6) is 0 Å². The molecule has 8 heteroatoms. The van der Waals surface area contributed by atoms with Crippen molar-refractivity contribution in [1.82, 2.24) is 10.2 Å². The smallest absolute Gasteiger partial charge is 0.324 e. The Kier molecular flexibility index (Phi) is 7.58. The normalized spacial score (nSPS) is 24.2. The highest BCUT2D eigenvalue weighted by atomic mass is 35.5. The zero-order chi connectivity index (χ0) is 20.4. The second-order valence-corrected chi connectivity index (χ2v) is 8.56. The van der Waals surface area contributed by atoms with Gasteiger partial charge in [0.25, 0.3) is 0 Å². The SMILES string of the molecule is Cl.O=C(O)CC[C@H]1CC[C@H](N2CCN(c3cc4c(cc3F)CCNCC4)C2=O)CC1. The fourth-order valence-corrected chi connectivity index (χ4v) is 5.08. The van der Waals surface area contributed by atoms with Gasteiger partial charge >= 0.3 is 12.0 Å². The Hall–Kier alpha value is -1.86. The summed E-state index contributed by atoms with van der Waals surface area (Å²) in [5.41, 5.74) is 2.59. The molecule has 0 radical (unpaired) electrons. The van der Waals surface area contributed by atoms with Crippen LogP contribution < -0.4 is 10.2 Å². The number of anilines is 1. The first-order chi connectivity index (χ1) is 14.0. The molecule has 4 rings (SSSR count). The molecule has 2 heterocycles. The number of nitrogens with one attached hydrogen (secondary N) is 1. The summed E-state index contributed by atoms with van der Waals surface area (Å²) in [6.07, 6.45) is 6.34. The molecule has 2 aliphatic heterocycles. The highest BCUT2D eigenvalue weighted by Gasteiger charge is 2.37. The van der Waals surface area contributed by atoms with Gasteiger partial charge in [-0.2, -0.15) is 0 Å². The van der Waals surface area contributed by atoms with E-state index in [1.54, 1.807) is 11.0 Å². The van der Waals surface area contributed by atoms with E-state index in [1.807, 2.05) is 11.0 Å². The Labute approximate surface area is 183 Å². The van der Waals surface area contributed by atoms with Crippen molar-refractivity contribution in [2.45, 2.75) is 57.4 Å². The van der Waals surface area contributed by atoms with Gasteiger partial charge in [-0.1, -0.05) is 0 Å². The number of rotatable bonds is 5. The second kappa shape index (κ2) is 9.96. The highest BCUT2D eigenvalue weighted by molar-refractivity contribution is 5.94. The van der Waals surface area contributed by atoms with Gasteiger partial charge in [0.2, 0.25) is 0 Å². The fraction of sp³-hybridized carbons (Fsp3) is 0.636. The van der Waals surface area contributed by atoms with E-state index in [-0.39, 0.29) is 36.7 Å². The van der Waals surface area contributed by atoms with Crippen molar-refractivity contribution in [2.75, 3.05) is 31.1 Å². The van der Waals surface area contributed by atoms with Gasteiger partial charge in [0.1, 0.15) is 5.82 Å². The molecular weight excluding hydrogens is 409 g/mol. The monoisotopic (exact) mass is 439 g/mol. The molecule has 0 spiro atoms. The molecule has 0 bridgehead atoms. The van der Waals surface area contributed by atoms with Crippen molar-refractivity contribution in [1.29, 1.82) is 0 Å². The van der Waals surface area contributed by atoms with Crippen LogP contribution in [0.15, 0.2) is 12.1 Å². The van der Waals surface area contributed by atoms with Gasteiger partial charge in [0.05, 0.1) is 5.69 Å². The molecule has 2 N–H and O–H groups in total. The lowest BCUT2D eigenvalue weighted by Gasteiger charge is -2.34. The molecule has 1 saturated heterocycles. The van der Waals surface area contributed by atoms with Crippen LogP contribution in [-0.2, 0) is 17.6 Å². The summed E-state index contributed by atoms with van der Waals surface area (Å²) in [4.78, 5) is 27.4. The number of fused-ring (bicyclic) bond motifs is 1. The molecule has 0 aromatic heterocycles. The first kappa shape index (κ1) is 22.8. The highest BCUT2D eigenvalue weighted by Crippen LogP contribution is 2.34. The Bertz CT molecular complexity index is 783. The van der Waals surface area contributed by atoms with Crippen LogP contribution in [0.25, 0.3) is 0 Å². The number of carboxylic acid groups (broad SMARTS) is 1. The molecule has 30 heavy (non-hydrogen) atoms. The van der Waals surface area contributed by atoms with E-state index < -0.39 is 5.97 Å². The van der Waals surface area contributed by atoms with Crippen LogP contribution in [0, 0.1) is 11.7 Å². The summed E-state index contributed by atoms with van der Waals surface area (Å²) in [5.74, 6) is -0.610. The Morgan fingerprint density at radius 2 is 1.77 bits per heavy atom. The topological polar surface area (TPSA) is 72.9 Å². The zero-order valence-electron chi connectivity index (χ0n) is 17.2. The summed E-state index contributed by atoms with van der Waals surface area (Å²) in [5, 5.41) is 12.2. The third kappa shape index (κ3) is 4.89. The molecule has 0 atom stereocenters. The Morgan fingerprint density at radius 1 is 1.10 bits per heavy atom. The molecule has 2 fully saturated rings. The molecule has 2 amide bonds. The van der Waals surface area contributed by atoms with Crippen LogP contribution in [-0.4, -0.2) is 54.2 Å². The molecule has 6 nitrogen and oxygen atoms in total. The molecule has 1 saturated carbocycles. The number of amides is 2. The zero-order valence-corrected chi connectivity index (χ0v) is 18.1. The van der Waals surface area contributed by atoms with E-state index in [0.717, 1.165) is 69.2 Å². The first-order valence-corrected chi connectivity index (χ1v) is 10.8. The number of urea groups is 1. The van der Waals surface area contributed by atoms with Gasteiger partial charge in [0, 0.05) is 25.6 Å². The number of benzene rings is 1. The van der Waals surface area contributed by atoms with Gasteiger partial charge in [-0.3, -0.25) is 9.69 Å². The minimum Gasteiger partial charge on any atom is -0.481 e. The van der Waals surface area contributed by atoms with E-state index in [9.17, 15) is 14.0 Å². The van der Waals surface area contributed by atoms with Crippen LogP contribution in [0.3, 0.4) is 0 Å². The molecule has 1 aromatic carbocycles. The lowest BCUT2D eigenvalue weighted by Crippen LogP contribution is -2.41. The van der Waals surface area contributed by atoms with Crippen molar-refractivity contribution in [2.24, 2.45) is 5.92 Å². The number of carbonyl (C=O) groups excluding carboxylic acids is 1. The van der Waals surface area contributed by atoms with E-state index in [0.29, 0.717) is 24.7 Å². The maximum absolute atomic E-state index is 14.8. The van der Waals surface area contributed by atoms with Gasteiger partial charge in [-0.05, 0) is 87.2 Å². The van der Waals surface area contributed by atoms with Crippen molar-refractivity contribution in [3.05, 3.63) is 29.1 Å². The minimum atomic E-state index is -0.740. The van der Waals surface area contributed by atoms with Crippen molar-refractivity contribution in [3.8, 4) is 0 Å². The number of carbonyl (C=O) groups is 2. The number of halogens is 2. The molecular formula is C22H31ClFN3O3. The van der Waals surface area contributed by atoms with Crippen LogP contribution in [0.4, 0.5) is 14.9 Å². The third-order valence-electron chi connectivity index (χ3n) is 6.77. The quantitative estimate of drug-likeness (QED) is 0.735. The minimum absolute atomic E-state index is 0. The van der Waals surface area contributed by atoms with Crippen LogP contribution in [0.2, 0.25) is 0 Å². The van der Waals surface area contributed by atoms with E-state index >= 15 is 0 Å². The lowest BCUT2D eigenvalue weighted by atomic mass is 9.83. The van der Waals surface area contributed by atoms with Gasteiger partial charge < -0.3 is 15.3 Å². The number of hydrogen-bond acceptors (Lipinski definition) is 3. The molecule has 3 aliphatic rings. The lowest BCUT2D eigenvalue weighted by molar-refractivity contribution is -0.137. The molecule has 1 aromatic rings. The van der Waals surface area contributed by atoms with E-state index in [1.165, 1.54) is 0 Å². The van der Waals surface area contributed by atoms with Crippen molar-refractivity contribution in [3.63, 3.8) is 0 Å². The number of hydrogen-bond donors (Lipinski definition) is 2. The Morgan fingerprint density at radius 3 is 2.43 bits per heavy atom. The second-order valence-electron chi connectivity index (χ2n) is 8.56. The summed E-state index contributed by atoms with van der Waals surface area (Å²) in [6, 6.07) is 3.58. The summed E-state index contributed by atoms with van der Waals surface area (Å²) in [6.45, 7) is 2.88. The predicted molar refractivity (Wildman–Crippen MR) is 116 cm³/mol. The Balaban J connectivity index is 0.00000256. The number of nitrogens with zero attached hydrogens (tertiary/aromatic N) is 2. The summed E-state index contributed by atoms with van der Waals surface area (Å²) >= 11 is 0. The maximum Gasteiger partial charge on any atom is 0.324 e. The number of aliphatic carboxylic acids is 1. The van der Waals surface area contributed by atoms with Crippen LogP contribution in [0.1, 0.15) is 49.7 Å². The fourth-order valence-electron chi connectivity index (χ4n) is 5.08. The average molecular weight is 440 g/mol. The largest absolute Gasteiger partial charge is 0.481 e. The van der Waals surface area contributed by atoms with Gasteiger partial charge in [-0.25, -0.2) is 9.18 Å². The molecule has 1 aliphatic carbocycles. The van der Waals surface area contributed by atoms with E-state index in [4.69, 9.17) is 5.11 Å². The standard InChI is InChI=1S/C22H30FN3O3.ClH/c23-19-13-16-7-9-24-10-8-17(16)14-20(19)26-12-11-25(22(26)29)18-4-1-15(2-5-18)3-6-21(27)28;/h13-15,18,24H,1-12H2,(H,27,28);1H/t15-,18-;. The predicted octanol–water partition coefficient (Wildman–Crippen LogP) is 3.60. The average Bonchev–Trinajstić information content (AvgIpc) is 2.93. The summed E-state index contributed by atoms with van der Waals surface area (Å²) in [7, 11) is 0. The van der Waals surface area contributed by atoms with E-state index in [2.05, 4.69) is 5.32 Å². The van der Waals surface area contributed by atoms with Crippen LogP contribution >= 0.6 is 12.4 Å². The third-order valence-corrected chi connectivity index (χ3v) is 6.77. The molecule has 0 unspecified atom stereocenters. The van der Waals surface area contributed by atoms with Crippen molar-refractivity contribution < 1.29 is 19.1 Å². The maximum atomic E-state index is 14.8. The first-order valence-electron chi connectivity index (χ1n) is 10.8. The van der Waals surface area contributed by atoms with Crippen molar-refractivity contribution >= 4 is 30.1 Å². The van der Waals surface area contributed by atoms with Gasteiger partial charge in [0.15, 0.2) is 0 Å². The van der Waals surface area contributed by atoms with Gasteiger partial charge in [-0.15, -0.1) is 12.4 Å².